The number of aromatic nitrogens is 4. The van der Waals surface area contributed by atoms with Crippen LogP contribution in [0.5, 0.6) is 11.5 Å². The second-order valence-electron chi connectivity index (χ2n) is 21.8. The summed E-state index contributed by atoms with van der Waals surface area (Å²) in [6.45, 7) is 6.69. The maximum atomic E-state index is 6.75. The molecule has 0 saturated carbocycles. The molecule has 2 bridgehead atoms. The molecule has 78 heavy (non-hydrogen) atoms. The fourth-order valence-electron chi connectivity index (χ4n) is 13.0. The Hall–Kier alpha value is -8.89. The van der Waals surface area contributed by atoms with Crippen molar-refractivity contribution in [2.24, 2.45) is 0 Å². The van der Waals surface area contributed by atoms with E-state index in [1.165, 1.54) is 66.8 Å². The van der Waals surface area contributed by atoms with Crippen LogP contribution in [0.1, 0.15) is 71.6 Å². The molecule has 3 aliphatic carbocycles. The van der Waals surface area contributed by atoms with Gasteiger partial charge in [0.1, 0.15) is 5.82 Å². The standard InChI is InChI=1S/C72H48N4O.Pt/c1-72(2,3)46-36-37-73-68(40-46)76-65-28-13-11-21-54(65)55-35-32-49(42-67(55)76)77-48-17-14-16-47(41-48)74-43-75-64-27-12-10-20-53(64)51-19-5-4-18-50(51)52-33-30-44(38-62(52)61-26-15-29-66(74)71(61)75)45-31-34-60-63(39-45)70-58-24-8-6-22-56(58)69(60)57-23-7-9-25-59(57)70;/h4-40,69-70H,1-3H3;/q-2;. The fraction of sp³-hybridized carbons (Fsp3) is 0.0833. The van der Waals surface area contributed by atoms with Crippen LogP contribution in [0.15, 0.2) is 225 Å². The van der Waals surface area contributed by atoms with Crippen LogP contribution in [0, 0.1) is 18.5 Å². The first-order valence-electron chi connectivity index (χ1n) is 26.6. The Balaban J connectivity index is 0.00000529. The van der Waals surface area contributed by atoms with Crippen molar-refractivity contribution >= 4 is 32.8 Å². The zero-order valence-electron chi connectivity index (χ0n) is 43.0. The van der Waals surface area contributed by atoms with Gasteiger partial charge in [0.05, 0.1) is 16.7 Å². The molecule has 0 spiro atoms. The number of pyridine rings is 1. The zero-order chi connectivity index (χ0) is 51.1. The van der Waals surface area contributed by atoms with Gasteiger partial charge in [0, 0.05) is 56.1 Å². The topological polar surface area (TPSA) is 35.9 Å². The molecule has 10 aromatic carbocycles. The number of hydrogen-bond donors (Lipinski definition) is 0. The molecule has 0 N–H and O–H groups in total. The number of fused-ring (bicyclic) bond motifs is 10. The van der Waals surface area contributed by atoms with Gasteiger partial charge in [-0.3, -0.25) is 4.57 Å². The third-order valence-electron chi connectivity index (χ3n) is 16.5. The third kappa shape index (κ3) is 6.97. The van der Waals surface area contributed by atoms with Gasteiger partial charge in [-0.15, -0.1) is 29.7 Å². The van der Waals surface area contributed by atoms with Crippen LogP contribution in [-0.2, 0) is 26.5 Å². The molecular formula is C72H48N4OPt-2. The van der Waals surface area contributed by atoms with Crippen molar-refractivity contribution in [1.82, 2.24) is 14.1 Å². The molecule has 3 aromatic heterocycles. The molecule has 17 rings (SSSR count). The fourth-order valence-corrected chi connectivity index (χ4v) is 13.0. The Labute approximate surface area is 467 Å². The van der Waals surface area contributed by atoms with E-state index in [9.17, 15) is 0 Å². The van der Waals surface area contributed by atoms with Gasteiger partial charge in [0.15, 0.2) is 0 Å². The minimum Gasteiger partial charge on any atom is -0.510 e. The minimum atomic E-state index is -0.0391. The van der Waals surface area contributed by atoms with Crippen LogP contribution in [0.3, 0.4) is 0 Å². The first-order chi connectivity index (χ1) is 37.8. The summed E-state index contributed by atoms with van der Waals surface area (Å²) in [4.78, 5) is 4.89. The largest absolute Gasteiger partial charge is 0.510 e. The molecule has 0 atom stereocenters. The van der Waals surface area contributed by atoms with Gasteiger partial charge in [-0.1, -0.05) is 178 Å². The summed E-state index contributed by atoms with van der Waals surface area (Å²) in [6, 6.07) is 87.0. The second-order valence-corrected chi connectivity index (χ2v) is 21.8. The van der Waals surface area contributed by atoms with Gasteiger partial charge in [0.25, 0.3) is 6.33 Å². The Morgan fingerprint density at radius 3 is 1.86 bits per heavy atom. The average molecular weight is 1180 g/mol. The molecule has 1 aliphatic heterocycles. The van der Waals surface area contributed by atoms with E-state index in [4.69, 9.17) is 9.72 Å². The summed E-state index contributed by atoms with van der Waals surface area (Å²) in [5, 5.41) is 2.22. The predicted octanol–water partition coefficient (Wildman–Crippen LogP) is 16.9. The number of hydrogen-bond acceptors (Lipinski definition) is 2. The Morgan fingerprint density at radius 2 is 1.08 bits per heavy atom. The number of ether oxygens (including phenoxy) is 1. The third-order valence-corrected chi connectivity index (χ3v) is 16.5. The van der Waals surface area contributed by atoms with Gasteiger partial charge >= 0.3 is 0 Å². The van der Waals surface area contributed by atoms with Gasteiger partial charge < -0.3 is 13.9 Å². The molecule has 6 heteroatoms. The quantitative estimate of drug-likeness (QED) is 0.127. The van der Waals surface area contributed by atoms with E-state index in [-0.39, 0.29) is 38.3 Å². The molecule has 4 aliphatic rings. The number of imidazole rings is 1. The minimum absolute atomic E-state index is 0. The molecule has 374 valence electrons. The van der Waals surface area contributed by atoms with Crippen molar-refractivity contribution in [2.45, 2.75) is 38.0 Å². The molecule has 0 fully saturated rings. The smallest absolute Gasteiger partial charge is 0.268 e. The summed E-state index contributed by atoms with van der Waals surface area (Å²) in [7, 11) is 0. The van der Waals surface area contributed by atoms with Gasteiger partial charge in [0.2, 0.25) is 0 Å². The van der Waals surface area contributed by atoms with Crippen molar-refractivity contribution in [3.8, 4) is 73.2 Å². The number of rotatable bonds is 5. The summed E-state index contributed by atoms with van der Waals surface area (Å²) in [5.41, 5.74) is 24.9. The van der Waals surface area contributed by atoms with Crippen LogP contribution in [0.25, 0.3) is 94.5 Å². The normalized spacial score (nSPS) is 14.5. The maximum Gasteiger partial charge on any atom is 0.268 e. The van der Waals surface area contributed by atoms with E-state index in [1.807, 2.05) is 24.4 Å². The van der Waals surface area contributed by atoms with Crippen molar-refractivity contribution in [2.75, 3.05) is 0 Å². The molecule has 0 saturated heterocycles. The second kappa shape index (κ2) is 17.6. The maximum absolute atomic E-state index is 6.75. The summed E-state index contributed by atoms with van der Waals surface area (Å²) in [6.07, 6.45) is 5.78. The average Bonchev–Trinajstić information content (AvgIpc) is 4.16. The van der Waals surface area contributed by atoms with Crippen molar-refractivity contribution in [3.05, 3.63) is 282 Å². The molecule has 5 nitrogen and oxygen atoms in total. The first kappa shape index (κ1) is 46.4. The van der Waals surface area contributed by atoms with Crippen LogP contribution in [0.4, 0.5) is 0 Å². The molecule has 4 heterocycles. The molecular weight excluding hydrogens is 1130 g/mol. The summed E-state index contributed by atoms with van der Waals surface area (Å²) >= 11 is 0. The van der Waals surface area contributed by atoms with Crippen LogP contribution >= 0.6 is 0 Å². The Bertz CT molecular complexity index is 4580. The molecule has 13 aromatic rings. The van der Waals surface area contributed by atoms with Gasteiger partial charge in [-0.25, -0.2) is 4.98 Å². The van der Waals surface area contributed by atoms with E-state index in [0.717, 1.165) is 66.7 Å². The van der Waals surface area contributed by atoms with Crippen molar-refractivity contribution in [1.29, 1.82) is 0 Å². The van der Waals surface area contributed by atoms with Gasteiger partial charge in [-0.05, 0) is 136 Å². The Morgan fingerprint density at radius 1 is 0.474 bits per heavy atom. The summed E-state index contributed by atoms with van der Waals surface area (Å²) < 4.78 is 13.3. The Kier molecular flexibility index (Phi) is 10.5. The van der Waals surface area contributed by atoms with E-state index < -0.39 is 0 Å². The molecule has 0 radical (unpaired) electrons. The van der Waals surface area contributed by atoms with E-state index in [1.54, 1.807) is 0 Å². The number of para-hydroxylation sites is 3. The van der Waals surface area contributed by atoms with E-state index >= 15 is 0 Å². The van der Waals surface area contributed by atoms with Crippen LogP contribution < -0.4 is 9.30 Å². The van der Waals surface area contributed by atoms with E-state index in [2.05, 4.69) is 253 Å². The SMILES string of the molecule is CC(C)(C)c1ccnc(-n2c3[c-]c(Oc4[c-]c(-n5[c-][n+]6c7c(cccc75)-c5cc(-c7ccc8c(c7)C7c9ccccc9C8c8ccccc87)ccc5-c5ccccc5-c5ccccc5-6)ccc4)ccc3c3ccccc32)c1.[Pt]. The summed E-state index contributed by atoms with van der Waals surface area (Å²) in [5.74, 6) is 2.43. The van der Waals surface area contributed by atoms with Gasteiger partial charge in [-0.2, -0.15) is 18.2 Å². The first-order valence-corrected chi connectivity index (χ1v) is 26.6. The monoisotopic (exact) mass is 1180 g/mol. The van der Waals surface area contributed by atoms with Crippen LogP contribution in [0.2, 0.25) is 0 Å². The van der Waals surface area contributed by atoms with Crippen molar-refractivity contribution < 1.29 is 30.4 Å². The predicted molar refractivity (Wildman–Crippen MR) is 309 cm³/mol. The van der Waals surface area contributed by atoms with Crippen LogP contribution in [-0.4, -0.2) is 14.1 Å². The number of benzene rings is 10. The van der Waals surface area contributed by atoms with Crippen molar-refractivity contribution in [3.63, 3.8) is 0 Å². The zero-order valence-corrected chi connectivity index (χ0v) is 45.3. The molecule has 0 unspecified atom stereocenters. The number of nitrogens with zero attached hydrogens (tertiary/aromatic N) is 4. The van der Waals surface area contributed by atoms with E-state index in [0.29, 0.717) is 11.5 Å². The molecule has 0 amide bonds.